The van der Waals surface area contributed by atoms with Gasteiger partial charge in [-0.25, -0.2) is 0 Å². The fourth-order valence-corrected chi connectivity index (χ4v) is 3.28. The Morgan fingerprint density at radius 1 is 0.913 bits per heavy atom. The molecule has 2 aromatic carbocycles. The predicted octanol–water partition coefficient (Wildman–Crippen LogP) is 1.98. The molecule has 1 aliphatic heterocycles. The van der Waals surface area contributed by atoms with E-state index < -0.39 is 0 Å². The fraction of sp³-hybridized carbons (Fsp3) is 0.368. The number of morpholine rings is 1. The van der Waals surface area contributed by atoms with Gasteiger partial charge in [-0.2, -0.15) is 0 Å². The SMILES string of the molecule is OC[C@H]1CN(Cc2ccccc2)[C@@H](c2ccccc2)[C@@H](CO)O1. The highest BCUT2D eigenvalue weighted by molar-refractivity contribution is 5.22. The summed E-state index contributed by atoms with van der Waals surface area (Å²) in [7, 11) is 0. The van der Waals surface area contributed by atoms with Crippen LogP contribution in [0.4, 0.5) is 0 Å². The highest BCUT2D eigenvalue weighted by atomic mass is 16.5. The highest BCUT2D eigenvalue weighted by Crippen LogP contribution is 2.32. The number of rotatable bonds is 5. The van der Waals surface area contributed by atoms with Crippen LogP contribution in [0.3, 0.4) is 0 Å². The van der Waals surface area contributed by atoms with Crippen LogP contribution in [-0.2, 0) is 11.3 Å². The summed E-state index contributed by atoms with van der Waals surface area (Å²) in [5.74, 6) is 0. The first-order valence-corrected chi connectivity index (χ1v) is 8.02. The molecule has 0 bridgehead atoms. The second-order valence-electron chi connectivity index (χ2n) is 5.93. The van der Waals surface area contributed by atoms with Crippen LogP contribution in [-0.4, -0.2) is 47.1 Å². The molecule has 0 unspecified atom stereocenters. The van der Waals surface area contributed by atoms with Gasteiger partial charge in [0.2, 0.25) is 0 Å². The molecule has 4 heteroatoms. The largest absolute Gasteiger partial charge is 0.394 e. The molecule has 0 radical (unpaired) electrons. The van der Waals surface area contributed by atoms with E-state index in [-0.39, 0.29) is 31.5 Å². The molecule has 1 fully saturated rings. The van der Waals surface area contributed by atoms with Gasteiger partial charge in [0.25, 0.3) is 0 Å². The molecular weight excluding hydrogens is 290 g/mol. The lowest BCUT2D eigenvalue weighted by molar-refractivity contribution is -0.151. The van der Waals surface area contributed by atoms with Gasteiger partial charge in [-0.1, -0.05) is 60.7 Å². The number of ether oxygens (including phenoxy) is 1. The summed E-state index contributed by atoms with van der Waals surface area (Å²) in [5.41, 5.74) is 2.34. The molecule has 23 heavy (non-hydrogen) atoms. The third-order valence-electron chi connectivity index (χ3n) is 4.30. The van der Waals surface area contributed by atoms with Crippen molar-refractivity contribution < 1.29 is 14.9 Å². The zero-order valence-electron chi connectivity index (χ0n) is 13.1. The minimum absolute atomic E-state index is 0.0239. The molecule has 0 saturated carbocycles. The van der Waals surface area contributed by atoms with E-state index in [0.29, 0.717) is 6.54 Å². The maximum Gasteiger partial charge on any atom is 0.101 e. The van der Waals surface area contributed by atoms with Crippen molar-refractivity contribution >= 4 is 0 Å². The molecule has 1 aliphatic rings. The lowest BCUT2D eigenvalue weighted by atomic mass is 9.96. The van der Waals surface area contributed by atoms with E-state index in [4.69, 9.17) is 4.74 Å². The molecule has 2 N–H and O–H groups in total. The molecule has 0 aliphatic carbocycles. The summed E-state index contributed by atoms with van der Waals surface area (Å²) in [6.07, 6.45) is -0.608. The van der Waals surface area contributed by atoms with Gasteiger partial charge in [0, 0.05) is 13.1 Å². The quantitative estimate of drug-likeness (QED) is 0.886. The lowest BCUT2D eigenvalue weighted by Crippen LogP contribution is -2.51. The van der Waals surface area contributed by atoms with Crippen molar-refractivity contribution in [3.8, 4) is 0 Å². The van der Waals surface area contributed by atoms with Crippen molar-refractivity contribution in [2.24, 2.45) is 0 Å². The number of hydrogen-bond acceptors (Lipinski definition) is 4. The monoisotopic (exact) mass is 313 g/mol. The third kappa shape index (κ3) is 3.79. The standard InChI is InChI=1S/C19H23NO3/c21-13-17-12-20(11-15-7-3-1-4-8-15)19(18(14-22)23-17)16-9-5-2-6-10-16/h1-10,17-19,21-22H,11-14H2/t17-,18-,19+/m1/s1. The number of hydrogen-bond donors (Lipinski definition) is 2. The third-order valence-corrected chi connectivity index (χ3v) is 4.30. The van der Waals surface area contributed by atoms with Crippen LogP contribution in [0.25, 0.3) is 0 Å². The topological polar surface area (TPSA) is 52.9 Å². The van der Waals surface area contributed by atoms with E-state index in [0.717, 1.165) is 12.1 Å². The Hall–Kier alpha value is -1.72. The maximum atomic E-state index is 9.79. The van der Waals surface area contributed by atoms with Crippen LogP contribution >= 0.6 is 0 Å². The summed E-state index contributed by atoms with van der Waals surface area (Å²) in [6.45, 7) is 1.29. The van der Waals surface area contributed by atoms with Crippen molar-refractivity contribution in [1.82, 2.24) is 4.90 Å². The van der Waals surface area contributed by atoms with Crippen LogP contribution in [0.1, 0.15) is 17.2 Å². The van der Waals surface area contributed by atoms with Crippen molar-refractivity contribution in [3.63, 3.8) is 0 Å². The van der Waals surface area contributed by atoms with Gasteiger partial charge in [0.15, 0.2) is 0 Å². The predicted molar refractivity (Wildman–Crippen MR) is 88.9 cm³/mol. The van der Waals surface area contributed by atoms with Crippen LogP contribution in [0, 0.1) is 0 Å². The van der Waals surface area contributed by atoms with Crippen LogP contribution in [0.2, 0.25) is 0 Å². The van der Waals surface area contributed by atoms with Gasteiger partial charge in [0.05, 0.1) is 25.4 Å². The first-order chi connectivity index (χ1) is 11.3. The Bertz CT molecular complexity index is 590. The Morgan fingerprint density at radius 2 is 1.57 bits per heavy atom. The van der Waals surface area contributed by atoms with Crippen molar-refractivity contribution in [3.05, 3.63) is 71.8 Å². The number of aliphatic hydroxyl groups is 2. The normalized spacial score (nSPS) is 25.4. The summed E-state index contributed by atoms with van der Waals surface area (Å²) in [6, 6.07) is 20.3. The average molecular weight is 313 g/mol. The Kier molecular flexibility index (Phi) is 5.41. The molecule has 0 aromatic heterocycles. The zero-order chi connectivity index (χ0) is 16.1. The molecule has 0 spiro atoms. The van der Waals surface area contributed by atoms with E-state index in [9.17, 15) is 10.2 Å². The number of aliphatic hydroxyl groups excluding tert-OH is 2. The van der Waals surface area contributed by atoms with Crippen molar-refractivity contribution in [2.45, 2.75) is 24.8 Å². The van der Waals surface area contributed by atoms with E-state index in [1.807, 2.05) is 36.4 Å². The smallest absolute Gasteiger partial charge is 0.101 e. The molecule has 3 atom stereocenters. The number of nitrogens with zero attached hydrogens (tertiary/aromatic N) is 1. The fourth-order valence-electron chi connectivity index (χ4n) is 3.28. The molecule has 1 heterocycles. The van der Waals surface area contributed by atoms with Gasteiger partial charge in [-0.05, 0) is 11.1 Å². The minimum atomic E-state index is -0.341. The Labute approximate surface area is 136 Å². The Morgan fingerprint density at radius 3 is 2.17 bits per heavy atom. The number of benzene rings is 2. The first-order valence-electron chi connectivity index (χ1n) is 8.02. The summed E-state index contributed by atoms with van der Waals surface area (Å²) < 4.78 is 5.88. The Balaban J connectivity index is 1.89. The first kappa shape index (κ1) is 16.1. The zero-order valence-corrected chi connectivity index (χ0v) is 13.1. The van der Waals surface area contributed by atoms with E-state index in [1.54, 1.807) is 0 Å². The van der Waals surface area contributed by atoms with Crippen LogP contribution in [0.5, 0.6) is 0 Å². The molecule has 122 valence electrons. The lowest BCUT2D eigenvalue weighted by Gasteiger charge is -2.44. The summed E-state index contributed by atoms with van der Waals surface area (Å²) >= 11 is 0. The summed E-state index contributed by atoms with van der Waals surface area (Å²) in [4.78, 5) is 2.29. The van der Waals surface area contributed by atoms with E-state index >= 15 is 0 Å². The second kappa shape index (κ2) is 7.70. The summed E-state index contributed by atoms with van der Waals surface area (Å²) in [5, 5.41) is 19.3. The van der Waals surface area contributed by atoms with Gasteiger partial charge in [-0.3, -0.25) is 4.90 Å². The van der Waals surface area contributed by atoms with Gasteiger partial charge in [-0.15, -0.1) is 0 Å². The molecule has 4 nitrogen and oxygen atoms in total. The second-order valence-corrected chi connectivity index (χ2v) is 5.93. The van der Waals surface area contributed by atoms with Crippen LogP contribution in [0.15, 0.2) is 60.7 Å². The van der Waals surface area contributed by atoms with Crippen molar-refractivity contribution in [1.29, 1.82) is 0 Å². The maximum absolute atomic E-state index is 9.79. The molecule has 2 aromatic rings. The van der Waals surface area contributed by atoms with Gasteiger partial charge in [0.1, 0.15) is 6.10 Å². The minimum Gasteiger partial charge on any atom is -0.394 e. The van der Waals surface area contributed by atoms with Crippen LogP contribution < -0.4 is 0 Å². The molecule has 1 saturated heterocycles. The highest BCUT2D eigenvalue weighted by Gasteiger charge is 2.37. The molecular formula is C19H23NO3. The molecule has 3 rings (SSSR count). The van der Waals surface area contributed by atoms with Gasteiger partial charge >= 0.3 is 0 Å². The van der Waals surface area contributed by atoms with E-state index in [2.05, 4.69) is 29.2 Å². The van der Waals surface area contributed by atoms with Crippen molar-refractivity contribution in [2.75, 3.05) is 19.8 Å². The average Bonchev–Trinajstić information content (AvgIpc) is 2.62. The molecule has 0 amide bonds. The van der Waals surface area contributed by atoms with Gasteiger partial charge < -0.3 is 14.9 Å². The van der Waals surface area contributed by atoms with E-state index in [1.165, 1.54) is 5.56 Å².